The van der Waals surface area contributed by atoms with Crippen molar-refractivity contribution in [3.05, 3.63) is 70.8 Å². The van der Waals surface area contributed by atoms with E-state index >= 15 is 0 Å². The molecule has 2 aromatic carbocycles. The summed E-state index contributed by atoms with van der Waals surface area (Å²) in [6.45, 7) is 2.15. The molecule has 0 saturated carbocycles. The smallest absolute Gasteiger partial charge is 0.0824 e. The quantitative estimate of drug-likeness (QED) is 0.861. The minimum Gasteiger partial charge on any atom is -0.388 e. The maximum absolute atomic E-state index is 10.6. The molecular weight excluding hydrogens is 232 g/mol. The predicted molar refractivity (Wildman–Crippen MR) is 78.1 cm³/mol. The predicted octanol–water partition coefficient (Wildman–Crippen LogP) is 3.83. The van der Waals surface area contributed by atoms with Crippen LogP contribution in [0.1, 0.15) is 34.8 Å². The molecule has 2 aromatic rings. The van der Waals surface area contributed by atoms with E-state index in [0.29, 0.717) is 5.92 Å². The van der Waals surface area contributed by atoms with Crippen molar-refractivity contribution in [2.45, 2.75) is 32.3 Å². The van der Waals surface area contributed by atoms with Gasteiger partial charge in [0.05, 0.1) is 6.10 Å². The number of aliphatic hydroxyl groups excluding tert-OH is 1. The molecule has 1 aliphatic carbocycles. The fourth-order valence-corrected chi connectivity index (χ4v) is 3.14. The Labute approximate surface area is 114 Å². The van der Waals surface area contributed by atoms with E-state index in [1.807, 2.05) is 6.07 Å². The van der Waals surface area contributed by atoms with Crippen molar-refractivity contribution in [3.8, 4) is 0 Å². The normalized spacial score (nSPS) is 22.0. The zero-order valence-corrected chi connectivity index (χ0v) is 11.3. The van der Waals surface area contributed by atoms with Crippen LogP contribution in [0, 0.1) is 12.8 Å². The highest BCUT2D eigenvalue weighted by atomic mass is 16.3. The summed E-state index contributed by atoms with van der Waals surface area (Å²) in [5.41, 5.74) is 5.14. The molecule has 0 spiro atoms. The second kappa shape index (κ2) is 5.18. The van der Waals surface area contributed by atoms with Crippen LogP contribution in [0.3, 0.4) is 0 Å². The molecule has 2 unspecified atom stereocenters. The first kappa shape index (κ1) is 12.4. The van der Waals surface area contributed by atoms with Crippen LogP contribution in [0.5, 0.6) is 0 Å². The van der Waals surface area contributed by atoms with Crippen molar-refractivity contribution in [3.63, 3.8) is 0 Å². The number of benzene rings is 2. The van der Waals surface area contributed by atoms with Crippen LogP contribution in [-0.2, 0) is 12.8 Å². The number of aliphatic hydroxyl groups is 1. The van der Waals surface area contributed by atoms with Crippen molar-refractivity contribution < 1.29 is 5.11 Å². The standard InChI is InChI=1S/C18H20O/c1-13-6-2-3-8-15(13)12-16-11-10-14-7-4-5-9-17(14)18(16)19/h2-9,16,18-19H,10-12H2,1H3. The summed E-state index contributed by atoms with van der Waals surface area (Å²) in [4.78, 5) is 0. The van der Waals surface area contributed by atoms with Crippen LogP contribution in [0.2, 0.25) is 0 Å². The van der Waals surface area contributed by atoms with E-state index in [4.69, 9.17) is 0 Å². The van der Waals surface area contributed by atoms with Gasteiger partial charge in [0.25, 0.3) is 0 Å². The van der Waals surface area contributed by atoms with Gasteiger partial charge in [-0.25, -0.2) is 0 Å². The van der Waals surface area contributed by atoms with E-state index < -0.39 is 0 Å². The Morgan fingerprint density at radius 3 is 2.63 bits per heavy atom. The fourth-order valence-electron chi connectivity index (χ4n) is 3.14. The van der Waals surface area contributed by atoms with E-state index in [0.717, 1.165) is 24.8 Å². The van der Waals surface area contributed by atoms with E-state index in [-0.39, 0.29) is 6.10 Å². The van der Waals surface area contributed by atoms with Gasteiger partial charge in [-0.3, -0.25) is 0 Å². The molecule has 1 nitrogen and oxygen atoms in total. The second-order valence-electron chi connectivity index (χ2n) is 5.57. The van der Waals surface area contributed by atoms with Gasteiger partial charge in [0.1, 0.15) is 0 Å². The van der Waals surface area contributed by atoms with E-state index in [9.17, 15) is 5.11 Å². The minimum atomic E-state index is -0.315. The molecule has 0 aliphatic heterocycles. The molecule has 0 saturated heterocycles. The van der Waals surface area contributed by atoms with Crippen molar-refractivity contribution in [1.29, 1.82) is 0 Å². The van der Waals surface area contributed by atoms with Gasteiger partial charge < -0.3 is 5.11 Å². The van der Waals surface area contributed by atoms with Crippen LogP contribution < -0.4 is 0 Å². The summed E-state index contributed by atoms with van der Waals surface area (Å²) in [5.74, 6) is 0.344. The second-order valence-corrected chi connectivity index (χ2v) is 5.57. The van der Waals surface area contributed by atoms with Crippen LogP contribution in [0.25, 0.3) is 0 Å². The van der Waals surface area contributed by atoms with E-state index in [1.54, 1.807) is 0 Å². The van der Waals surface area contributed by atoms with Gasteiger partial charge in [-0.1, -0.05) is 48.5 Å². The summed E-state index contributed by atoms with van der Waals surface area (Å²) in [6, 6.07) is 16.8. The van der Waals surface area contributed by atoms with Crippen molar-refractivity contribution >= 4 is 0 Å². The Kier molecular flexibility index (Phi) is 3.39. The van der Waals surface area contributed by atoms with Gasteiger partial charge in [-0.2, -0.15) is 0 Å². The molecule has 1 N–H and O–H groups in total. The number of rotatable bonds is 2. The van der Waals surface area contributed by atoms with Crippen molar-refractivity contribution in [2.75, 3.05) is 0 Å². The monoisotopic (exact) mass is 252 g/mol. The van der Waals surface area contributed by atoms with E-state index in [1.165, 1.54) is 16.7 Å². The van der Waals surface area contributed by atoms with Crippen molar-refractivity contribution in [1.82, 2.24) is 0 Å². The highest BCUT2D eigenvalue weighted by molar-refractivity contribution is 5.33. The van der Waals surface area contributed by atoms with Gasteiger partial charge in [-0.05, 0) is 54.4 Å². The number of hydrogen-bond donors (Lipinski definition) is 1. The fraction of sp³-hybridized carbons (Fsp3) is 0.333. The first-order chi connectivity index (χ1) is 9.25. The first-order valence-corrected chi connectivity index (χ1v) is 7.06. The summed E-state index contributed by atoms with van der Waals surface area (Å²) >= 11 is 0. The zero-order chi connectivity index (χ0) is 13.2. The minimum absolute atomic E-state index is 0.315. The van der Waals surface area contributed by atoms with Gasteiger partial charge in [-0.15, -0.1) is 0 Å². The van der Waals surface area contributed by atoms with Gasteiger partial charge in [0.15, 0.2) is 0 Å². The maximum atomic E-state index is 10.6. The summed E-state index contributed by atoms with van der Waals surface area (Å²) < 4.78 is 0. The average molecular weight is 252 g/mol. The van der Waals surface area contributed by atoms with Crippen LogP contribution >= 0.6 is 0 Å². The van der Waals surface area contributed by atoms with Crippen molar-refractivity contribution in [2.24, 2.45) is 5.92 Å². The van der Waals surface area contributed by atoms with E-state index in [2.05, 4.69) is 49.4 Å². The van der Waals surface area contributed by atoms with Crippen LogP contribution in [0.4, 0.5) is 0 Å². The third-order valence-electron chi connectivity index (χ3n) is 4.35. The third-order valence-corrected chi connectivity index (χ3v) is 4.35. The van der Waals surface area contributed by atoms with Gasteiger partial charge in [0.2, 0.25) is 0 Å². The maximum Gasteiger partial charge on any atom is 0.0824 e. The molecule has 0 bridgehead atoms. The first-order valence-electron chi connectivity index (χ1n) is 7.06. The average Bonchev–Trinajstić information content (AvgIpc) is 2.44. The molecule has 0 aromatic heterocycles. The Hall–Kier alpha value is -1.60. The summed E-state index contributed by atoms with van der Waals surface area (Å²) in [7, 11) is 0. The molecule has 3 rings (SSSR count). The summed E-state index contributed by atoms with van der Waals surface area (Å²) in [6.07, 6.45) is 2.82. The Morgan fingerprint density at radius 1 is 1.05 bits per heavy atom. The lowest BCUT2D eigenvalue weighted by molar-refractivity contribution is 0.0936. The number of hydrogen-bond acceptors (Lipinski definition) is 1. The topological polar surface area (TPSA) is 20.2 Å². The molecular formula is C18H20O. The molecule has 1 heteroatoms. The summed E-state index contributed by atoms with van der Waals surface area (Å²) in [5, 5.41) is 10.6. The molecule has 19 heavy (non-hydrogen) atoms. The lowest BCUT2D eigenvalue weighted by Crippen LogP contribution is -2.22. The SMILES string of the molecule is Cc1ccccc1CC1CCc2ccccc2C1O. The highest BCUT2D eigenvalue weighted by Crippen LogP contribution is 2.36. The Morgan fingerprint density at radius 2 is 1.79 bits per heavy atom. The highest BCUT2D eigenvalue weighted by Gasteiger charge is 2.27. The number of fused-ring (bicyclic) bond motifs is 1. The van der Waals surface area contributed by atoms with Gasteiger partial charge in [0, 0.05) is 0 Å². The Bertz CT molecular complexity index is 573. The molecule has 2 atom stereocenters. The molecule has 0 fully saturated rings. The molecule has 0 amide bonds. The Balaban J connectivity index is 1.83. The molecule has 1 aliphatic rings. The zero-order valence-electron chi connectivity index (χ0n) is 11.3. The molecule has 98 valence electrons. The third kappa shape index (κ3) is 2.43. The van der Waals surface area contributed by atoms with Crippen LogP contribution in [0.15, 0.2) is 48.5 Å². The molecule has 0 heterocycles. The largest absolute Gasteiger partial charge is 0.388 e. The van der Waals surface area contributed by atoms with Crippen LogP contribution in [-0.4, -0.2) is 5.11 Å². The lowest BCUT2D eigenvalue weighted by atomic mass is 9.78. The lowest BCUT2D eigenvalue weighted by Gasteiger charge is -2.30. The number of aryl methyl sites for hydroxylation is 2. The van der Waals surface area contributed by atoms with Gasteiger partial charge >= 0.3 is 0 Å². The molecule has 0 radical (unpaired) electrons.